The quantitative estimate of drug-likeness (QED) is 0.518. The van der Waals surface area contributed by atoms with Crippen LogP contribution in [0.1, 0.15) is 18.1 Å². The van der Waals surface area contributed by atoms with Crippen molar-refractivity contribution in [3.8, 4) is 22.8 Å². The molecule has 0 aliphatic heterocycles. The van der Waals surface area contributed by atoms with E-state index in [9.17, 15) is 9.59 Å². The third-order valence-corrected chi connectivity index (χ3v) is 5.14. The minimum atomic E-state index is -0.288. The van der Waals surface area contributed by atoms with Crippen molar-refractivity contribution in [1.82, 2.24) is 10.3 Å². The summed E-state index contributed by atoms with van der Waals surface area (Å²) in [5, 5.41) is 7.93. The molecule has 0 atom stereocenters. The van der Waals surface area contributed by atoms with E-state index in [-0.39, 0.29) is 11.8 Å². The van der Waals surface area contributed by atoms with E-state index >= 15 is 0 Å². The van der Waals surface area contributed by atoms with Gasteiger partial charge in [-0.2, -0.15) is 0 Å². The fraction of sp³-hybridized carbons (Fsp3) is 0.174. The van der Waals surface area contributed by atoms with Crippen LogP contribution in [0.3, 0.4) is 0 Å². The normalized spacial score (nSPS) is 10.7. The molecule has 2 aromatic carbocycles. The molecule has 1 heterocycles. The molecule has 3 aromatic rings. The van der Waals surface area contributed by atoms with Gasteiger partial charge in [-0.15, -0.1) is 11.3 Å². The average Bonchev–Trinajstić information content (AvgIpc) is 3.24. The van der Waals surface area contributed by atoms with E-state index in [2.05, 4.69) is 15.6 Å². The van der Waals surface area contributed by atoms with Crippen molar-refractivity contribution in [2.24, 2.45) is 0 Å². The van der Waals surface area contributed by atoms with Crippen molar-refractivity contribution in [2.45, 2.75) is 13.5 Å². The van der Waals surface area contributed by atoms with E-state index in [0.717, 1.165) is 22.4 Å². The highest BCUT2D eigenvalue weighted by Gasteiger charge is 2.08. The second-order valence-electron chi connectivity index (χ2n) is 6.58. The summed E-state index contributed by atoms with van der Waals surface area (Å²) in [6.07, 6.45) is 3.11. The van der Waals surface area contributed by atoms with Crippen LogP contribution < -0.4 is 20.1 Å². The molecule has 0 aliphatic rings. The van der Waals surface area contributed by atoms with Crippen molar-refractivity contribution in [3.05, 3.63) is 65.0 Å². The van der Waals surface area contributed by atoms with E-state index < -0.39 is 0 Å². The highest BCUT2D eigenvalue weighted by atomic mass is 32.1. The van der Waals surface area contributed by atoms with Crippen LogP contribution in [0.4, 0.5) is 5.13 Å². The Morgan fingerprint density at radius 3 is 2.55 bits per heavy atom. The van der Waals surface area contributed by atoms with Crippen molar-refractivity contribution in [1.29, 1.82) is 0 Å². The van der Waals surface area contributed by atoms with Gasteiger partial charge in [-0.3, -0.25) is 14.9 Å². The SMILES string of the molecule is COc1ccc(/C=C/C(=O)Nc2nc(-c3ccc(CNC(C)=O)cc3)cs2)c(OC)c1. The van der Waals surface area contributed by atoms with Crippen molar-refractivity contribution in [2.75, 3.05) is 19.5 Å². The largest absolute Gasteiger partial charge is 0.497 e. The van der Waals surface area contributed by atoms with Gasteiger partial charge in [-0.1, -0.05) is 24.3 Å². The lowest BCUT2D eigenvalue weighted by molar-refractivity contribution is -0.119. The molecule has 0 fully saturated rings. The average molecular weight is 438 g/mol. The van der Waals surface area contributed by atoms with Crippen LogP contribution in [-0.2, 0) is 16.1 Å². The van der Waals surface area contributed by atoms with Gasteiger partial charge >= 0.3 is 0 Å². The standard InChI is InChI=1S/C23H23N3O4S/c1-15(27)24-13-16-4-6-17(7-5-16)20-14-31-23(25-20)26-22(28)11-9-18-8-10-19(29-2)12-21(18)30-3/h4-12,14H,13H2,1-3H3,(H,24,27)(H,25,26,28)/b11-9+. The number of amides is 2. The van der Waals surface area contributed by atoms with Gasteiger partial charge in [-0.05, 0) is 23.8 Å². The fourth-order valence-electron chi connectivity index (χ4n) is 2.75. The maximum absolute atomic E-state index is 12.3. The number of thiazole rings is 1. The summed E-state index contributed by atoms with van der Waals surface area (Å²) < 4.78 is 10.5. The number of aromatic nitrogens is 1. The van der Waals surface area contributed by atoms with E-state index in [1.54, 1.807) is 32.4 Å². The zero-order valence-corrected chi connectivity index (χ0v) is 18.3. The number of nitrogens with zero attached hydrogens (tertiary/aromatic N) is 1. The van der Waals surface area contributed by atoms with Crippen molar-refractivity contribution >= 4 is 34.4 Å². The highest BCUT2D eigenvalue weighted by molar-refractivity contribution is 7.14. The first-order chi connectivity index (χ1) is 15.0. The predicted octanol–water partition coefficient (Wildman–Crippen LogP) is 4.12. The second kappa shape index (κ2) is 10.4. The lowest BCUT2D eigenvalue weighted by Crippen LogP contribution is -2.18. The maximum atomic E-state index is 12.3. The minimum Gasteiger partial charge on any atom is -0.497 e. The lowest BCUT2D eigenvalue weighted by Gasteiger charge is -2.07. The van der Waals surface area contributed by atoms with Gasteiger partial charge in [0.1, 0.15) is 11.5 Å². The molecule has 31 heavy (non-hydrogen) atoms. The molecule has 0 unspecified atom stereocenters. The van der Waals surface area contributed by atoms with Crippen LogP contribution in [-0.4, -0.2) is 31.0 Å². The third kappa shape index (κ3) is 6.16. The summed E-state index contributed by atoms with van der Waals surface area (Å²) in [4.78, 5) is 27.8. The van der Waals surface area contributed by atoms with E-state index in [4.69, 9.17) is 9.47 Å². The van der Waals surface area contributed by atoms with Crippen LogP contribution in [0.5, 0.6) is 11.5 Å². The Labute approximate surface area is 184 Å². The van der Waals surface area contributed by atoms with Crippen LogP contribution in [0.15, 0.2) is 53.9 Å². The molecule has 2 N–H and O–H groups in total. The molecule has 0 spiro atoms. The molecular weight excluding hydrogens is 414 g/mol. The monoisotopic (exact) mass is 437 g/mol. The Bertz CT molecular complexity index is 1090. The van der Waals surface area contributed by atoms with Gasteiger partial charge in [0, 0.05) is 42.1 Å². The summed E-state index contributed by atoms with van der Waals surface area (Å²) in [7, 11) is 3.15. The van der Waals surface area contributed by atoms with Crippen LogP contribution >= 0.6 is 11.3 Å². The molecule has 1 aromatic heterocycles. The van der Waals surface area contributed by atoms with Gasteiger partial charge in [-0.25, -0.2) is 4.98 Å². The predicted molar refractivity (Wildman–Crippen MR) is 122 cm³/mol. The number of ether oxygens (including phenoxy) is 2. The number of rotatable bonds is 8. The fourth-order valence-corrected chi connectivity index (χ4v) is 3.47. The molecule has 0 radical (unpaired) electrons. The van der Waals surface area contributed by atoms with Gasteiger partial charge < -0.3 is 14.8 Å². The number of carbonyl (C=O) groups excluding carboxylic acids is 2. The topological polar surface area (TPSA) is 89.5 Å². The molecule has 8 heteroatoms. The van der Waals surface area contributed by atoms with Gasteiger partial charge in [0.05, 0.1) is 19.9 Å². The number of benzene rings is 2. The number of hydrogen-bond donors (Lipinski definition) is 2. The van der Waals surface area contributed by atoms with Crippen molar-refractivity contribution < 1.29 is 19.1 Å². The smallest absolute Gasteiger partial charge is 0.250 e. The first-order valence-corrected chi connectivity index (χ1v) is 10.4. The summed E-state index contributed by atoms with van der Waals surface area (Å²) in [6, 6.07) is 13.1. The number of nitrogens with one attached hydrogen (secondary N) is 2. The molecule has 0 saturated heterocycles. The Kier molecular flexibility index (Phi) is 7.40. The van der Waals surface area contributed by atoms with E-state index in [0.29, 0.717) is 23.2 Å². The zero-order chi connectivity index (χ0) is 22.2. The molecule has 2 amide bonds. The molecular formula is C23H23N3O4S. The Balaban J connectivity index is 1.62. The van der Waals surface area contributed by atoms with Gasteiger partial charge in [0.2, 0.25) is 11.8 Å². The van der Waals surface area contributed by atoms with E-state index in [1.165, 1.54) is 24.3 Å². The Morgan fingerprint density at radius 2 is 1.87 bits per heavy atom. The number of anilines is 1. The Hall–Kier alpha value is -3.65. The molecule has 3 rings (SSSR count). The summed E-state index contributed by atoms with van der Waals surface area (Å²) in [6.45, 7) is 1.97. The molecule has 0 bridgehead atoms. The maximum Gasteiger partial charge on any atom is 0.250 e. The number of carbonyl (C=O) groups is 2. The van der Waals surface area contributed by atoms with Crippen LogP contribution in [0.25, 0.3) is 17.3 Å². The molecule has 7 nitrogen and oxygen atoms in total. The van der Waals surface area contributed by atoms with E-state index in [1.807, 2.05) is 35.7 Å². The van der Waals surface area contributed by atoms with Crippen LogP contribution in [0.2, 0.25) is 0 Å². The summed E-state index contributed by atoms with van der Waals surface area (Å²) in [5.41, 5.74) is 3.47. The lowest BCUT2D eigenvalue weighted by atomic mass is 10.1. The van der Waals surface area contributed by atoms with Crippen LogP contribution in [0, 0.1) is 0 Å². The highest BCUT2D eigenvalue weighted by Crippen LogP contribution is 2.27. The molecule has 160 valence electrons. The zero-order valence-electron chi connectivity index (χ0n) is 17.5. The minimum absolute atomic E-state index is 0.0663. The third-order valence-electron chi connectivity index (χ3n) is 4.38. The molecule has 0 saturated carbocycles. The second-order valence-corrected chi connectivity index (χ2v) is 7.43. The van der Waals surface area contributed by atoms with Crippen molar-refractivity contribution in [3.63, 3.8) is 0 Å². The summed E-state index contributed by atoms with van der Waals surface area (Å²) >= 11 is 1.35. The van der Waals surface area contributed by atoms with Gasteiger partial charge in [0.15, 0.2) is 5.13 Å². The number of hydrogen-bond acceptors (Lipinski definition) is 6. The Morgan fingerprint density at radius 1 is 1.10 bits per heavy atom. The first-order valence-electron chi connectivity index (χ1n) is 9.49. The summed E-state index contributed by atoms with van der Waals surface area (Å²) in [5.74, 6) is 0.937. The first kappa shape index (κ1) is 22.0. The van der Waals surface area contributed by atoms with Gasteiger partial charge in [0.25, 0.3) is 0 Å². The number of methoxy groups -OCH3 is 2. The molecule has 0 aliphatic carbocycles.